The molecule has 0 unspecified atom stereocenters. The summed E-state index contributed by atoms with van der Waals surface area (Å²) in [5.41, 5.74) is 3.49. The van der Waals surface area contributed by atoms with Gasteiger partial charge in [-0.1, -0.05) is 35.4 Å². The second kappa shape index (κ2) is 8.78. The van der Waals surface area contributed by atoms with Gasteiger partial charge in [0.05, 0.1) is 0 Å². The quantitative estimate of drug-likeness (QED) is 0.602. The molecule has 0 aliphatic rings. The van der Waals surface area contributed by atoms with Gasteiger partial charge in [-0.2, -0.15) is 0 Å². The highest BCUT2D eigenvalue weighted by Crippen LogP contribution is 2.20. The number of aryl methyl sites for hydroxylation is 3. The molecule has 0 bridgehead atoms. The Hall–Kier alpha value is -1.94. The number of hydrogen-bond donors (Lipinski definition) is 1. The molecule has 2 rings (SSSR count). The lowest BCUT2D eigenvalue weighted by molar-refractivity contribution is -0.127. The second-order valence-corrected chi connectivity index (χ2v) is 7.15. The van der Waals surface area contributed by atoms with Crippen LogP contribution in [0.5, 0.6) is 5.75 Å². The molecule has 1 atom stereocenters. The van der Waals surface area contributed by atoms with Gasteiger partial charge in [-0.15, -0.1) is 11.8 Å². The topological polar surface area (TPSA) is 38.3 Å². The van der Waals surface area contributed by atoms with Crippen molar-refractivity contribution in [2.24, 2.45) is 0 Å². The van der Waals surface area contributed by atoms with E-state index in [4.69, 9.17) is 4.74 Å². The zero-order valence-corrected chi connectivity index (χ0v) is 15.6. The number of ether oxygens (including phenoxy) is 1. The number of hydrogen-bond acceptors (Lipinski definition) is 3. The molecule has 1 N–H and O–H groups in total. The van der Waals surface area contributed by atoms with Gasteiger partial charge >= 0.3 is 0 Å². The zero-order chi connectivity index (χ0) is 17.5. The van der Waals surface area contributed by atoms with Crippen molar-refractivity contribution in [3.05, 3.63) is 59.2 Å². The summed E-state index contributed by atoms with van der Waals surface area (Å²) in [4.78, 5) is 13.4. The minimum Gasteiger partial charge on any atom is -0.481 e. The number of carbonyl (C=O) groups is 1. The predicted octanol–water partition coefficient (Wildman–Crippen LogP) is 4.29. The lowest BCUT2D eigenvalue weighted by atomic mass is 10.1. The summed E-state index contributed by atoms with van der Waals surface area (Å²) in [6, 6.07) is 14.4. The Morgan fingerprint density at radius 3 is 2.42 bits per heavy atom. The van der Waals surface area contributed by atoms with Crippen LogP contribution in [0.15, 0.2) is 47.4 Å². The number of benzene rings is 2. The van der Waals surface area contributed by atoms with E-state index < -0.39 is 6.10 Å². The Balaban J connectivity index is 1.74. The number of amides is 1. The maximum atomic E-state index is 12.1. The van der Waals surface area contributed by atoms with E-state index in [1.807, 2.05) is 26.0 Å². The number of rotatable bonds is 7. The molecule has 0 fully saturated rings. The summed E-state index contributed by atoms with van der Waals surface area (Å²) in [5.74, 6) is 1.52. The molecule has 2 aromatic rings. The van der Waals surface area contributed by atoms with Gasteiger partial charge in [0.2, 0.25) is 0 Å². The van der Waals surface area contributed by atoms with Gasteiger partial charge < -0.3 is 10.1 Å². The minimum atomic E-state index is -0.504. The SMILES string of the molecule is Cc1ccc(SCCNC(=O)[C@H](C)Oc2ccc(C)cc2C)cc1. The summed E-state index contributed by atoms with van der Waals surface area (Å²) in [6.45, 7) is 8.51. The van der Waals surface area contributed by atoms with Gasteiger partial charge in [-0.3, -0.25) is 4.79 Å². The first-order valence-electron chi connectivity index (χ1n) is 8.17. The average Bonchev–Trinajstić information content (AvgIpc) is 2.55. The van der Waals surface area contributed by atoms with Crippen molar-refractivity contribution < 1.29 is 9.53 Å². The van der Waals surface area contributed by atoms with Crippen LogP contribution < -0.4 is 10.1 Å². The molecule has 1 amide bonds. The molecule has 0 saturated carbocycles. The molecular formula is C20H25NO2S. The van der Waals surface area contributed by atoms with Crippen LogP contribution >= 0.6 is 11.8 Å². The Kier molecular flexibility index (Phi) is 6.73. The van der Waals surface area contributed by atoms with Crippen molar-refractivity contribution >= 4 is 17.7 Å². The van der Waals surface area contributed by atoms with Crippen LogP contribution in [-0.4, -0.2) is 24.3 Å². The standard InChI is InChI=1S/C20H25NO2S/c1-14-5-8-18(9-6-14)24-12-11-21-20(22)17(4)23-19-10-7-15(2)13-16(19)3/h5-10,13,17H,11-12H2,1-4H3,(H,21,22)/t17-/m0/s1. The van der Waals surface area contributed by atoms with Crippen LogP contribution in [0.2, 0.25) is 0 Å². The fraction of sp³-hybridized carbons (Fsp3) is 0.350. The molecule has 0 radical (unpaired) electrons. The van der Waals surface area contributed by atoms with Crippen molar-refractivity contribution in [3.8, 4) is 5.75 Å². The van der Waals surface area contributed by atoms with Gasteiger partial charge in [-0.05, 0) is 51.5 Å². The second-order valence-electron chi connectivity index (χ2n) is 5.98. The maximum Gasteiger partial charge on any atom is 0.260 e. The van der Waals surface area contributed by atoms with Crippen molar-refractivity contribution in [1.82, 2.24) is 5.32 Å². The average molecular weight is 343 g/mol. The highest BCUT2D eigenvalue weighted by atomic mass is 32.2. The molecule has 0 heterocycles. The number of carbonyl (C=O) groups excluding carboxylic acids is 1. The minimum absolute atomic E-state index is 0.0838. The summed E-state index contributed by atoms with van der Waals surface area (Å²) in [5, 5.41) is 2.93. The third-order valence-electron chi connectivity index (χ3n) is 3.69. The maximum absolute atomic E-state index is 12.1. The van der Waals surface area contributed by atoms with Crippen molar-refractivity contribution in [3.63, 3.8) is 0 Å². The molecule has 0 spiro atoms. The van der Waals surface area contributed by atoms with Crippen LogP contribution in [0.25, 0.3) is 0 Å². The summed E-state index contributed by atoms with van der Waals surface area (Å²) < 4.78 is 5.77. The zero-order valence-electron chi connectivity index (χ0n) is 14.8. The first-order chi connectivity index (χ1) is 11.5. The van der Waals surface area contributed by atoms with Crippen LogP contribution in [0.1, 0.15) is 23.6 Å². The molecule has 0 aliphatic carbocycles. The van der Waals surface area contributed by atoms with E-state index in [0.717, 1.165) is 17.1 Å². The summed E-state index contributed by atoms with van der Waals surface area (Å²) >= 11 is 1.74. The lowest BCUT2D eigenvalue weighted by Gasteiger charge is -2.16. The fourth-order valence-electron chi connectivity index (χ4n) is 2.30. The lowest BCUT2D eigenvalue weighted by Crippen LogP contribution is -2.37. The van der Waals surface area contributed by atoms with Crippen molar-refractivity contribution in [2.45, 2.75) is 38.7 Å². The molecule has 24 heavy (non-hydrogen) atoms. The Bertz CT molecular complexity index is 683. The largest absolute Gasteiger partial charge is 0.481 e. The molecule has 0 saturated heterocycles. The predicted molar refractivity (Wildman–Crippen MR) is 101 cm³/mol. The van der Waals surface area contributed by atoms with Crippen LogP contribution in [0.3, 0.4) is 0 Å². The van der Waals surface area contributed by atoms with E-state index in [-0.39, 0.29) is 5.91 Å². The van der Waals surface area contributed by atoms with Gasteiger partial charge in [0.25, 0.3) is 5.91 Å². The first kappa shape index (κ1) is 18.4. The van der Waals surface area contributed by atoms with E-state index in [1.54, 1.807) is 18.7 Å². The molecule has 0 aliphatic heterocycles. The van der Waals surface area contributed by atoms with Crippen molar-refractivity contribution in [2.75, 3.05) is 12.3 Å². The van der Waals surface area contributed by atoms with Crippen LogP contribution in [-0.2, 0) is 4.79 Å². The van der Waals surface area contributed by atoms with E-state index in [1.165, 1.54) is 16.0 Å². The van der Waals surface area contributed by atoms with E-state index >= 15 is 0 Å². The number of nitrogens with one attached hydrogen (secondary N) is 1. The molecule has 4 heteroatoms. The van der Waals surface area contributed by atoms with Crippen molar-refractivity contribution in [1.29, 1.82) is 0 Å². The normalized spacial score (nSPS) is 11.8. The number of thioether (sulfide) groups is 1. The van der Waals surface area contributed by atoms with E-state index in [0.29, 0.717) is 6.54 Å². The van der Waals surface area contributed by atoms with Crippen LogP contribution in [0.4, 0.5) is 0 Å². The molecule has 128 valence electrons. The fourth-order valence-corrected chi connectivity index (χ4v) is 3.07. The van der Waals surface area contributed by atoms with E-state index in [2.05, 4.69) is 42.6 Å². The summed E-state index contributed by atoms with van der Waals surface area (Å²) in [7, 11) is 0. The molecular weight excluding hydrogens is 318 g/mol. The smallest absolute Gasteiger partial charge is 0.260 e. The third kappa shape index (κ3) is 5.60. The molecule has 0 aromatic heterocycles. The first-order valence-corrected chi connectivity index (χ1v) is 9.15. The van der Waals surface area contributed by atoms with Gasteiger partial charge in [0, 0.05) is 17.2 Å². The molecule has 2 aromatic carbocycles. The van der Waals surface area contributed by atoms with Gasteiger partial charge in [0.1, 0.15) is 5.75 Å². The molecule has 3 nitrogen and oxygen atoms in total. The van der Waals surface area contributed by atoms with Gasteiger partial charge in [-0.25, -0.2) is 0 Å². The highest BCUT2D eigenvalue weighted by Gasteiger charge is 2.15. The van der Waals surface area contributed by atoms with Gasteiger partial charge in [0.15, 0.2) is 6.10 Å². The Labute approximate surface area is 148 Å². The Morgan fingerprint density at radius 2 is 1.75 bits per heavy atom. The van der Waals surface area contributed by atoms with Crippen LogP contribution in [0, 0.1) is 20.8 Å². The Morgan fingerprint density at radius 1 is 1.08 bits per heavy atom. The monoisotopic (exact) mass is 343 g/mol. The third-order valence-corrected chi connectivity index (χ3v) is 4.71. The summed E-state index contributed by atoms with van der Waals surface area (Å²) in [6.07, 6.45) is -0.504. The highest BCUT2D eigenvalue weighted by molar-refractivity contribution is 7.99. The van der Waals surface area contributed by atoms with E-state index in [9.17, 15) is 4.79 Å².